The van der Waals surface area contributed by atoms with Crippen LogP contribution in [-0.4, -0.2) is 34.1 Å². The molecule has 0 saturated carbocycles. The third kappa shape index (κ3) is 4.17. The molecule has 2 aromatic carbocycles. The van der Waals surface area contributed by atoms with E-state index in [2.05, 4.69) is 5.32 Å². The number of carbonyl (C=O) groups excluding carboxylic acids is 2. The lowest BCUT2D eigenvalue weighted by Crippen LogP contribution is -2.54. The second-order valence-corrected chi connectivity index (χ2v) is 6.77. The molecule has 0 radical (unpaired) electrons. The maximum Gasteiger partial charge on any atom is 0.344 e. The Hall–Kier alpha value is -3.52. The van der Waals surface area contributed by atoms with Crippen molar-refractivity contribution in [1.29, 1.82) is 0 Å². The number of carboxylic acid groups (broad SMARTS) is 1. The summed E-state index contributed by atoms with van der Waals surface area (Å²) >= 11 is 5.21. The minimum atomic E-state index is -1.13. The topological polar surface area (TPSA) is 95.9 Å². The molecule has 148 valence electrons. The molecule has 1 fully saturated rings. The molecule has 2 N–H and O–H groups in total. The Morgan fingerprint density at radius 2 is 1.83 bits per heavy atom. The number of ether oxygens (including phenoxy) is 1. The summed E-state index contributed by atoms with van der Waals surface area (Å²) in [5, 5.41) is 11.6. The number of hydrogen-bond donors (Lipinski definition) is 2. The lowest BCUT2D eigenvalue weighted by Gasteiger charge is -2.30. The van der Waals surface area contributed by atoms with Gasteiger partial charge in [0.2, 0.25) is 0 Å². The minimum absolute atomic E-state index is 0.00418. The lowest BCUT2D eigenvalue weighted by molar-refractivity contribution is -0.144. The first-order chi connectivity index (χ1) is 13.8. The van der Waals surface area contributed by atoms with Crippen LogP contribution >= 0.6 is 12.2 Å². The van der Waals surface area contributed by atoms with Crippen LogP contribution in [0.25, 0.3) is 6.08 Å². The molecule has 0 aliphatic carbocycles. The van der Waals surface area contributed by atoms with Crippen molar-refractivity contribution in [2.75, 3.05) is 4.90 Å². The van der Waals surface area contributed by atoms with Crippen molar-refractivity contribution in [3.8, 4) is 5.75 Å². The minimum Gasteiger partial charge on any atom is -0.479 e. The number of nitrogens with zero attached hydrogens (tertiary/aromatic N) is 1. The summed E-state index contributed by atoms with van der Waals surface area (Å²) in [5.74, 6) is -2.10. The first-order valence-electron chi connectivity index (χ1n) is 8.75. The van der Waals surface area contributed by atoms with Gasteiger partial charge in [0.15, 0.2) is 11.2 Å². The van der Waals surface area contributed by atoms with E-state index >= 15 is 0 Å². The van der Waals surface area contributed by atoms with Crippen LogP contribution in [-0.2, 0) is 14.4 Å². The van der Waals surface area contributed by atoms with Crippen LogP contribution < -0.4 is 15.0 Å². The largest absolute Gasteiger partial charge is 0.479 e. The Bertz CT molecular complexity index is 1050. The van der Waals surface area contributed by atoms with Gasteiger partial charge in [0.1, 0.15) is 11.3 Å². The molecule has 2 amide bonds. The number of amides is 2. The molecule has 0 bridgehead atoms. The van der Waals surface area contributed by atoms with Gasteiger partial charge >= 0.3 is 5.97 Å². The number of aryl methyl sites for hydroxylation is 1. The number of carboxylic acids is 1. The SMILES string of the molecule is Cc1ccccc1N1C(=O)/C(=C/c2ccccc2O[C@H](C)C(=O)O)C(=O)NC1=S. The molecular formula is C21H18N2O5S. The van der Waals surface area contributed by atoms with Crippen molar-refractivity contribution in [1.82, 2.24) is 5.32 Å². The van der Waals surface area contributed by atoms with E-state index in [0.717, 1.165) is 5.56 Å². The molecule has 0 aromatic heterocycles. The number of aliphatic carboxylic acids is 1. The third-order valence-corrected chi connectivity index (χ3v) is 4.61. The number of benzene rings is 2. The van der Waals surface area contributed by atoms with Crippen LogP contribution in [0.2, 0.25) is 0 Å². The Kier molecular flexibility index (Phi) is 5.74. The number of anilines is 1. The van der Waals surface area contributed by atoms with E-state index in [1.165, 1.54) is 17.9 Å². The smallest absolute Gasteiger partial charge is 0.344 e. The Morgan fingerprint density at radius 1 is 1.17 bits per heavy atom. The monoisotopic (exact) mass is 410 g/mol. The number of thiocarbonyl (C=S) groups is 1. The molecule has 1 aliphatic rings. The Morgan fingerprint density at radius 3 is 2.52 bits per heavy atom. The first-order valence-corrected chi connectivity index (χ1v) is 9.16. The van der Waals surface area contributed by atoms with Crippen LogP contribution in [0.4, 0.5) is 5.69 Å². The predicted molar refractivity (Wildman–Crippen MR) is 112 cm³/mol. The van der Waals surface area contributed by atoms with Crippen LogP contribution in [0.3, 0.4) is 0 Å². The van der Waals surface area contributed by atoms with Gasteiger partial charge in [-0.3, -0.25) is 19.8 Å². The van der Waals surface area contributed by atoms with Crippen LogP contribution in [0.5, 0.6) is 5.75 Å². The zero-order chi connectivity index (χ0) is 21.1. The molecular weight excluding hydrogens is 392 g/mol. The van der Waals surface area contributed by atoms with Crippen LogP contribution in [0.15, 0.2) is 54.1 Å². The maximum atomic E-state index is 13.1. The molecule has 1 saturated heterocycles. The fourth-order valence-corrected chi connectivity index (χ4v) is 3.07. The Labute approximate surface area is 172 Å². The highest BCUT2D eigenvalue weighted by Gasteiger charge is 2.35. The number of hydrogen-bond acceptors (Lipinski definition) is 5. The van der Waals surface area contributed by atoms with Crippen LogP contribution in [0.1, 0.15) is 18.1 Å². The third-order valence-electron chi connectivity index (χ3n) is 4.33. The van der Waals surface area contributed by atoms with Crippen molar-refractivity contribution >= 4 is 46.9 Å². The van der Waals surface area contributed by atoms with Crippen molar-refractivity contribution < 1.29 is 24.2 Å². The summed E-state index contributed by atoms with van der Waals surface area (Å²) < 4.78 is 5.44. The summed E-state index contributed by atoms with van der Waals surface area (Å²) in [6, 6.07) is 13.7. The number of para-hydroxylation sites is 2. The molecule has 1 heterocycles. The number of rotatable bonds is 5. The van der Waals surface area contributed by atoms with Crippen molar-refractivity contribution in [3.63, 3.8) is 0 Å². The van der Waals surface area contributed by atoms with Gasteiger partial charge in [0, 0.05) is 5.56 Å². The maximum absolute atomic E-state index is 13.1. The molecule has 1 atom stereocenters. The van der Waals surface area contributed by atoms with Gasteiger partial charge < -0.3 is 9.84 Å². The molecule has 8 heteroatoms. The van der Waals surface area contributed by atoms with Gasteiger partial charge in [-0.15, -0.1) is 0 Å². The lowest BCUT2D eigenvalue weighted by atomic mass is 10.1. The summed E-state index contributed by atoms with van der Waals surface area (Å²) in [5.41, 5.74) is 1.65. The molecule has 0 unspecified atom stereocenters. The van der Waals surface area contributed by atoms with Crippen molar-refractivity contribution in [2.45, 2.75) is 20.0 Å². The van der Waals surface area contributed by atoms with Gasteiger partial charge in [-0.25, -0.2) is 4.79 Å². The van der Waals surface area contributed by atoms with Gasteiger partial charge in [-0.2, -0.15) is 0 Å². The number of nitrogens with one attached hydrogen (secondary N) is 1. The first kappa shape index (κ1) is 20.2. The molecule has 29 heavy (non-hydrogen) atoms. The van der Waals surface area contributed by atoms with E-state index in [4.69, 9.17) is 22.1 Å². The highest BCUT2D eigenvalue weighted by Crippen LogP contribution is 2.27. The van der Waals surface area contributed by atoms with Gasteiger partial charge in [-0.1, -0.05) is 36.4 Å². The van der Waals surface area contributed by atoms with E-state index in [1.54, 1.807) is 36.4 Å². The predicted octanol–water partition coefficient (Wildman–Crippen LogP) is 2.68. The normalized spacial score (nSPS) is 16.6. The zero-order valence-corrected chi connectivity index (χ0v) is 16.5. The summed E-state index contributed by atoms with van der Waals surface area (Å²) in [6.45, 7) is 3.23. The van der Waals surface area contributed by atoms with E-state index < -0.39 is 23.9 Å². The highest BCUT2D eigenvalue weighted by molar-refractivity contribution is 7.80. The van der Waals surface area contributed by atoms with Gasteiger partial charge in [-0.05, 0) is 49.8 Å². The molecule has 1 aliphatic heterocycles. The molecule has 3 rings (SSSR count). The van der Waals surface area contributed by atoms with E-state index in [1.807, 2.05) is 19.1 Å². The zero-order valence-electron chi connectivity index (χ0n) is 15.7. The summed E-state index contributed by atoms with van der Waals surface area (Å²) in [4.78, 5) is 38.0. The second kappa shape index (κ2) is 8.24. The van der Waals surface area contributed by atoms with Gasteiger partial charge in [0.25, 0.3) is 11.8 Å². The van der Waals surface area contributed by atoms with E-state index in [-0.39, 0.29) is 16.4 Å². The average molecular weight is 410 g/mol. The molecule has 7 nitrogen and oxygen atoms in total. The average Bonchev–Trinajstić information content (AvgIpc) is 2.67. The fourth-order valence-electron chi connectivity index (χ4n) is 2.79. The highest BCUT2D eigenvalue weighted by atomic mass is 32.1. The second-order valence-electron chi connectivity index (χ2n) is 6.38. The number of carbonyl (C=O) groups is 3. The van der Waals surface area contributed by atoms with Crippen LogP contribution in [0, 0.1) is 6.92 Å². The van der Waals surface area contributed by atoms with Crippen molar-refractivity contribution in [2.24, 2.45) is 0 Å². The van der Waals surface area contributed by atoms with Gasteiger partial charge in [0.05, 0.1) is 5.69 Å². The fraction of sp³-hybridized carbons (Fsp3) is 0.143. The van der Waals surface area contributed by atoms with E-state index in [9.17, 15) is 14.4 Å². The Balaban J connectivity index is 2.02. The molecule has 0 spiro atoms. The summed E-state index contributed by atoms with van der Waals surface area (Å²) in [7, 11) is 0. The van der Waals surface area contributed by atoms with Crippen molar-refractivity contribution in [3.05, 3.63) is 65.2 Å². The van der Waals surface area contributed by atoms with E-state index in [0.29, 0.717) is 11.3 Å². The standard InChI is InChI=1S/C21H18N2O5S/c1-12-7-3-5-9-16(12)23-19(25)15(18(24)22-21(23)29)11-14-8-4-6-10-17(14)28-13(2)20(26)27/h3-11,13H,1-2H3,(H,26,27)(H,22,24,29)/b15-11+/t13-/m1/s1. The molecule has 2 aromatic rings. The summed E-state index contributed by atoms with van der Waals surface area (Å²) in [6.07, 6.45) is 0.274. The quantitative estimate of drug-likeness (QED) is 0.447.